The molecule has 0 aromatic heterocycles. The minimum atomic E-state index is -8.88. The molecular weight excluding hydrogens is 802 g/mol. The molecule has 0 spiro atoms. The fourth-order valence-corrected chi connectivity index (χ4v) is 41.6. The summed E-state index contributed by atoms with van der Waals surface area (Å²) in [6.07, 6.45) is -20.1. The Labute approximate surface area is 244 Å². The monoisotopic (exact) mass is 846 g/mol. The fraction of sp³-hybridized carbons (Fsp3) is 1.00. The first-order chi connectivity index (χ1) is 18.8. The molecular formula is C24H42F12O3Sn2. The maximum atomic E-state index is 15.9. The summed E-state index contributed by atoms with van der Waals surface area (Å²) in [5, 5.41) is 0. The van der Waals surface area contributed by atoms with Gasteiger partial charge in [0.2, 0.25) is 0 Å². The summed E-state index contributed by atoms with van der Waals surface area (Å²) in [7, 11) is 0. The van der Waals surface area contributed by atoms with Crippen LogP contribution >= 0.6 is 0 Å². The molecule has 0 saturated carbocycles. The summed E-state index contributed by atoms with van der Waals surface area (Å²) in [6.45, 7) is 3.57. The molecule has 0 radical (unpaired) electrons. The Kier molecular flexibility index (Phi) is 17.1. The summed E-state index contributed by atoms with van der Waals surface area (Å²) >= 11 is -17.8. The van der Waals surface area contributed by atoms with E-state index < -0.39 is 118 Å². The van der Waals surface area contributed by atoms with E-state index in [1.165, 1.54) is 13.8 Å². The maximum absolute atomic E-state index is 15.9. The van der Waals surface area contributed by atoms with Gasteiger partial charge < -0.3 is 0 Å². The van der Waals surface area contributed by atoms with Crippen molar-refractivity contribution in [1.29, 1.82) is 0 Å². The number of halogens is 12. The van der Waals surface area contributed by atoms with Crippen LogP contribution in [-0.2, 0) is 7.56 Å². The van der Waals surface area contributed by atoms with Crippen LogP contribution in [0.1, 0.15) is 92.9 Å². The van der Waals surface area contributed by atoms with Crippen molar-refractivity contribution in [2.75, 3.05) is 13.2 Å². The fourth-order valence-electron chi connectivity index (χ4n) is 3.93. The second kappa shape index (κ2) is 16.8. The van der Waals surface area contributed by atoms with Crippen LogP contribution in [0.3, 0.4) is 0 Å². The molecule has 41 heavy (non-hydrogen) atoms. The van der Waals surface area contributed by atoms with Crippen molar-refractivity contribution in [2.45, 2.75) is 133 Å². The zero-order valence-corrected chi connectivity index (χ0v) is 29.8. The number of hydrogen-bond donors (Lipinski definition) is 0. The molecule has 3 nitrogen and oxygen atoms in total. The first-order valence-corrected chi connectivity index (χ1v) is 24.2. The Balaban J connectivity index is 8.25. The topological polar surface area (TPSA) is 27.7 Å². The van der Waals surface area contributed by atoms with E-state index in [0.717, 1.165) is 27.7 Å². The molecule has 0 aliphatic carbocycles. The van der Waals surface area contributed by atoms with Gasteiger partial charge in [-0.3, -0.25) is 0 Å². The summed E-state index contributed by atoms with van der Waals surface area (Å²) in [4.78, 5) is 0. The van der Waals surface area contributed by atoms with Crippen molar-refractivity contribution >= 4 is 38.4 Å². The molecule has 0 rings (SSSR count). The van der Waals surface area contributed by atoms with E-state index in [0.29, 0.717) is 0 Å². The van der Waals surface area contributed by atoms with Gasteiger partial charge in [0.25, 0.3) is 0 Å². The van der Waals surface area contributed by atoms with Crippen molar-refractivity contribution in [1.82, 2.24) is 0 Å². The molecule has 4 unspecified atom stereocenters. The first kappa shape index (κ1) is 41.6. The van der Waals surface area contributed by atoms with Crippen LogP contribution in [0, 0.1) is 0 Å². The zero-order valence-electron chi connectivity index (χ0n) is 24.1. The molecule has 0 saturated heterocycles. The van der Waals surface area contributed by atoms with E-state index in [-0.39, 0.29) is 25.7 Å². The Hall–Kier alpha value is 0.637. The molecule has 248 valence electrons. The van der Waals surface area contributed by atoms with Crippen molar-refractivity contribution in [3.05, 3.63) is 0 Å². The second-order valence-corrected chi connectivity index (χ2v) is 30.5. The van der Waals surface area contributed by atoms with Gasteiger partial charge >= 0.3 is 245 Å². The van der Waals surface area contributed by atoms with Crippen LogP contribution in [0.15, 0.2) is 0 Å². The summed E-state index contributed by atoms with van der Waals surface area (Å²) in [5.74, 6) is 0. The SMILES string of the molecule is CCCC[O][Sn]([O][Sn]([O]CCCC)([C](F)(F)C(F)CC)[C](F)(F)C(F)CC)([C](F)(F)C(F)CC)[C](F)(F)C(F)CC. The summed E-state index contributed by atoms with van der Waals surface area (Å²) in [6, 6.07) is 0. The van der Waals surface area contributed by atoms with Crippen molar-refractivity contribution in [3.8, 4) is 0 Å². The zero-order chi connectivity index (χ0) is 32.5. The molecule has 4 atom stereocenters. The van der Waals surface area contributed by atoms with Crippen molar-refractivity contribution in [3.63, 3.8) is 0 Å². The standard InChI is InChI=1S/4C4H6F3.2C4H9O.O.2Sn/c4*1-2-3(5)4(6)7;2*1-2-3-4-5;;;/h4*3H,2H2,1H3;2*2-4H2,1H3;;;/q;;;;2*-1;;2*+1. The van der Waals surface area contributed by atoms with E-state index in [1.807, 2.05) is 0 Å². The Morgan fingerprint density at radius 1 is 0.463 bits per heavy atom. The molecule has 0 aliphatic heterocycles. The quantitative estimate of drug-likeness (QED) is 0.0619. The van der Waals surface area contributed by atoms with Gasteiger partial charge in [-0.05, 0) is 0 Å². The summed E-state index contributed by atoms with van der Waals surface area (Å²) < 4.78 is 179. The molecule has 0 bridgehead atoms. The van der Waals surface area contributed by atoms with Crippen LogP contribution in [0.2, 0.25) is 0 Å². The van der Waals surface area contributed by atoms with Crippen LogP contribution in [0.25, 0.3) is 0 Å². The third-order valence-electron chi connectivity index (χ3n) is 6.66. The Bertz CT molecular complexity index is 659. The van der Waals surface area contributed by atoms with Gasteiger partial charge in [0.15, 0.2) is 0 Å². The molecule has 0 fully saturated rings. The van der Waals surface area contributed by atoms with Gasteiger partial charge in [0, 0.05) is 0 Å². The molecule has 17 heteroatoms. The van der Waals surface area contributed by atoms with Crippen molar-refractivity contribution < 1.29 is 60.2 Å². The van der Waals surface area contributed by atoms with E-state index in [1.54, 1.807) is 0 Å². The molecule has 0 aromatic carbocycles. The Morgan fingerprint density at radius 3 is 0.854 bits per heavy atom. The predicted octanol–water partition coefficient (Wildman–Crippen LogP) is 9.21. The molecule has 0 amide bonds. The molecule has 0 aromatic rings. The number of rotatable bonds is 22. The van der Waals surface area contributed by atoms with E-state index in [4.69, 9.17) is 6.15 Å². The first-order valence-electron chi connectivity index (χ1n) is 13.8. The average Bonchev–Trinajstić information content (AvgIpc) is 2.93. The number of hydrogen-bond acceptors (Lipinski definition) is 3. The van der Waals surface area contributed by atoms with Crippen LogP contribution < -0.4 is 0 Å². The van der Waals surface area contributed by atoms with Crippen molar-refractivity contribution in [2.24, 2.45) is 0 Å². The minimum absolute atomic E-state index is 0.0529. The average molecular weight is 844 g/mol. The van der Waals surface area contributed by atoms with Crippen LogP contribution in [-0.4, -0.2) is 92.1 Å². The van der Waals surface area contributed by atoms with Gasteiger partial charge in [-0.15, -0.1) is 0 Å². The second-order valence-electron chi connectivity index (χ2n) is 9.73. The molecule has 0 aliphatic rings. The third kappa shape index (κ3) is 8.08. The van der Waals surface area contributed by atoms with Crippen LogP contribution in [0.4, 0.5) is 52.7 Å². The van der Waals surface area contributed by atoms with Gasteiger partial charge in [-0.25, -0.2) is 0 Å². The van der Waals surface area contributed by atoms with Gasteiger partial charge in [-0.1, -0.05) is 0 Å². The number of unbranched alkanes of at least 4 members (excludes halogenated alkanes) is 2. The predicted molar refractivity (Wildman–Crippen MR) is 135 cm³/mol. The molecule has 0 N–H and O–H groups in total. The third-order valence-corrected chi connectivity index (χ3v) is 36.4. The van der Waals surface area contributed by atoms with Crippen LogP contribution in [0.5, 0.6) is 0 Å². The Morgan fingerprint density at radius 2 is 0.683 bits per heavy atom. The van der Waals surface area contributed by atoms with Gasteiger partial charge in [-0.2, -0.15) is 0 Å². The van der Waals surface area contributed by atoms with E-state index >= 15 is 35.1 Å². The van der Waals surface area contributed by atoms with E-state index in [2.05, 4.69) is 1.41 Å². The summed E-state index contributed by atoms with van der Waals surface area (Å²) in [5.41, 5.74) is 0. The number of alkyl halides is 12. The van der Waals surface area contributed by atoms with Gasteiger partial charge in [0.05, 0.1) is 0 Å². The molecule has 0 heterocycles. The normalized spacial score (nSPS) is 19.8. The van der Waals surface area contributed by atoms with E-state index in [9.17, 15) is 17.6 Å². The van der Waals surface area contributed by atoms with Gasteiger partial charge in [0.1, 0.15) is 0 Å².